The van der Waals surface area contributed by atoms with Gasteiger partial charge in [-0.05, 0) is 34.4 Å². The first-order chi connectivity index (χ1) is 16.5. The van der Waals surface area contributed by atoms with Gasteiger partial charge < -0.3 is 10.6 Å². The van der Waals surface area contributed by atoms with E-state index in [4.69, 9.17) is 0 Å². The summed E-state index contributed by atoms with van der Waals surface area (Å²) >= 11 is 0. The molecule has 4 rings (SSSR count). The Morgan fingerprint density at radius 2 is 1.35 bits per heavy atom. The van der Waals surface area contributed by atoms with E-state index in [2.05, 4.69) is 15.6 Å². The number of pyridine rings is 1. The van der Waals surface area contributed by atoms with Gasteiger partial charge in [0.05, 0.1) is 10.6 Å². The van der Waals surface area contributed by atoms with Gasteiger partial charge in [0.2, 0.25) is 0 Å². The molecule has 2 N–H and O–H groups in total. The van der Waals surface area contributed by atoms with E-state index in [0.29, 0.717) is 29.1 Å². The Morgan fingerprint density at radius 3 is 2.06 bits per heavy atom. The summed E-state index contributed by atoms with van der Waals surface area (Å²) in [6.45, 7) is 0.726. The van der Waals surface area contributed by atoms with Gasteiger partial charge >= 0.3 is 6.03 Å². The van der Waals surface area contributed by atoms with Crippen LogP contribution < -0.4 is 10.6 Å². The molecule has 1 aromatic heterocycles. The molecular weight excluding hydrogens is 446 g/mol. The zero-order valence-corrected chi connectivity index (χ0v) is 19.3. The highest BCUT2D eigenvalue weighted by molar-refractivity contribution is 7.90. The Bertz CT molecular complexity index is 1340. The lowest BCUT2D eigenvalue weighted by molar-refractivity contribution is 0.240. The van der Waals surface area contributed by atoms with Gasteiger partial charge in [0.25, 0.3) is 0 Å². The first-order valence-corrected chi connectivity index (χ1v) is 12.5. The molecule has 172 valence electrons. The van der Waals surface area contributed by atoms with Gasteiger partial charge in [-0.25, -0.2) is 13.2 Å². The second-order valence-corrected chi connectivity index (χ2v) is 9.79. The number of aromatic nitrogens is 1. The second kappa shape index (κ2) is 10.8. The van der Waals surface area contributed by atoms with E-state index in [9.17, 15) is 13.2 Å². The van der Waals surface area contributed by atoms with Crippen LogP contribution in [0.2, 0.25) is 0 Å². The van der Waals surface area contributed by atoms with Crippen LogP contribution in [0.5, 0.6) is 0 Å². The van der Waals surface area contributed by atoms with E-state index < -0.39 is 9.84 Å². The van der Waals surface area contributed by atoms with Gasteiger partial charge in [0.15, 0.2) is 9.84 Å². The molecule has 34 heavy (non-hydrogen) atoms. The lowest BCUT2D eigenvalue weighted by atomic mass is 10.1. The van der Waals surface area contributed by atoms with Crippen LogP contribution in [-0.2, 0) is 28.7 Å². The molecule has 0 aliphatic rings. The van der Waals surface area contributed by atoms with E-state index in [1.54, 1.807) is 36.7 Å². The molecule has 0 aliphatic heterocycles. The number of nitrogens with zero attached hydrogens (tertiary/aromatic N) is 1. The number of amides is 2. The fourth-order valence-corrected chi connectivity index (χ4v) is 5.17. The largest absolute Gasteiger partial charge is 0.334 e. The molecule has 0 fully saturated rings. The lowest BCUT2D eigenvalue weighted by Crippen LogP contribution is -2.34. The molecule has 2 amide bonds. The molecule has 0 atom stereocenters. The maximum atomic E-state index is 13.2. The number of rotatable bonds is 8. The van der Waals surface area contributed by atoms with Crippen molar-refractivity contribution in [2.24, 2.45) is 0 Å². The molecule has 0 saturated heterocycles. The quantitative estimate of drug-likeness (QED) is 0.389. The van der Waals surface area contributed by atoms with Gasteiger partial charge in [-0.15, -0.1) is 0 Å². The molecule has 0 saturated carbocycles. The molecule has 1 heterocycles. The Kier molecular flexibility index (Phi) is 7.34. The summed E-state index contributed by atoms with van der Waals surface area (Å²) in [5.41, 5.74) is 4.04. The summed E-state index contributed by atoms with van der Waals surface area (Å²) in [5.74, 6) is -0.101. The van der Waals surface area contributed by atoms with Crippen molar-refractivity contribution in [1.29, 1.82) is 0 Å². The number of urea groups is 1. The maximum Gasteiger partial charge on any atom is 0.315 e. The van der Waals surface area contributed by atoms with Gasteiger partial charge in [0.1, 0.15) is 0 Å². The van der Waals surface area contributed by atoms with Crippen LogP contribution in [0, 0.1) is 0 Å². The Balaban J connectivity index is 1.37. The normalized spacial score (nSPS) is 11.1. The van der Waals surface area contributed by atoms with Gasteiger partial charge in [-0.3, -0.25) is 4.98 Å². The van der Waals surface area contributed by atoms with Crippen LogP contribution in [-0.4, -0.2) is 19.4 Å². The molecule has 7 heteroatoms. The van der Waals surface area contributed by atoms with Crippen LogP contribution in [0.1, 0.15) is 16.7 Å². The van der Waals surface area contributed by atoms with Crippen LogP contribution >= 0.6 is 0 Å². The minimum Gasteiger partial charge on any atom is -0.334 e. The Labute approximate surface area is 199 Å². The summed E-state index contributed by atoms with van der Waals surface area (Å²) in [7, 11) is -3.55. The number of carbonyl (C=O) groups excluding carboxylic acids is 1. The molecule has 0 radical (unpaired) electrons. The van der Waals surface area contributed by atoms with Crippen molar-refractivity contribution in [3.8, 4) is 11.1 Å². The highest BCUT2D eigenvalue weighted by Gasteiger charge is 2.20. The lowest BCUT2D eigenvalue weighted by Gasteiger charge is -2.12. The van der Waals surface area contributed by atoms with Crippen LogP contribution in [0.25, 0.3) is 11.1 Å². The molecular formula is C27H25N3O3S. The summed E-state index contributed by atoms with van der Waals surface area (Å²) in [6, 6.07) is 27.2. The SMILES string of the molecule is O=C(NCc1ccc(CS(=O)(=O)c2ccccc2-c2ccccc2)cc1)NCc1cccnc1. The van der Waals surface area contributed by atoms with Gasteiger partial charge in [0, 0.05) is 31.0 Å². The average molecular weight is 472 g/mol. The van der Waals surface area contributed by atoms with Crippen LogP contribution in [0.15, 0.2) is 108 Å². The molecule has 0 aliphatic carbocycles. The number of sulfone groups is 1. The first kappa shape index (κ1) is 23.2. The fraction of sp³-hybridized carbons (Fsp3) is 0.111. The highest BCUT2D eigenvalue weighted by atomic mass is 32.2. The van der Waals surface area contributed by atoms with Crippen LogP contribution in [0.4, 0.5) is 4.79 Å². The van der Waals surface area contributed by atoms with Crippen molar-refractivity contribution in [2.45, 2.75) is 23.7 Å². The van der Waals surface area contributed by atoms with Gasteiger partial charge in [-0.2, -0.15) is 0 Å². The zero-order valence-electron chi connectivity index (χ0n) is 18.5. The van der Waals surface area contributed by atoms with Crippen molar-refractivity contribution in [2.75, 3.05) is 0 Å². The van der Waals surface area contributed by atoms with Crippen molar-refractivity contribution in [1.82, 2.24) is 15.6 Å². The van der Waals surface area contributed by atoms with E-state index in [0.717, 1.165) is 16.7 Å². The number of benzene rings is 3. The third-order valence-corrected chi connectivity index (χ3v) is 7.05. The minimum atomic E-state index is -3.55. The summed E-state index contributed by atoms with van der Waals surface area (Å²) in [6.07, 6.45) is 3.38. The third-order valence-electron chi connectivity index (χ3n) is 5.32. The predicted octanol–water partition coefficient (Wildman–Crippen LogP) is 4.72. The summed E-state index contributed by atoms with van der Waals surface area (Å²) < 4.78 is 26.4. The Morgan fingerprint density at radius 1 is 0.706 bits per heavy atom. The molecule has 3 aromatic carbocycles. The molecule has 4 aromatic rings. The Hall–Kier alpha value is -3.97. The number of nitrogens with one attached hydrogen (secondary N) is 2. The van der Waals surface area contributed by atoms with Crippen molar-refractivity contribution >= 4 is 15.9 Å². The minimum absolute atomic E-state index is 0.101. The standard InChI is InChI=1S/C27H25N3O3S/c31-27(30-19-23-7-6-16-28-17-23)29-18-21-12-14-22(15-13-21)20-34(32,33)26-11-5-4-10-25(26)24-8-2-1-3-9-24/h1-17H,18-20H2,(H2,29,30,31). The molecule has 0 spiro atoms. The maximum absolute atomic E-state index is 13.2. The second-order valence-electron chi connectivity index (χ2n) is 7.84. The fourth-order valence-electron chi connectivity index (χ4n) is 3.57. The zero-order chi connectivity index (χ0) is 23.8. The summed E-state index contributed by atoms with van der Waals surface area (Å²) in [5, 5.41) is 5.58. The summed E-state index contributed by atoms with van der Waals surface area (Å²) in [4.78, 5) is 16.4. The average Bonchev–Trinajstić information content (AvgIpc) is 2.88. The van der Waals surface area contributed by atoms with E-state index >= 15 is 0 Å². The van der Waals surface area contributed by atoms with E-state index in [1.165, 1.54) is 0 Å². The van der Waals surface area contributed by atoms with E-state index in [-0.39, 0.29) is 11.8 Å². The van der Waals surface area contributed by atoms with Crippen molar-refractivity contribution in [3.63, 3.8) is 0 Å². The molecule has 0 bridgehead atoms. The first-order valence-electron chi connectivity index (χ1n) is 10.9. The van der Waals surface area contributed by atoms with Gasteiger partial charge in [-0.1, -0.05) is 78.9 Å². The third kappa shape index (κ3) is 6.08. The van der Waals surface area contributed by atoms with Crippen molar-refractivity contribution < 1.29 is 13.2 Å². The van der Waals surface area contributed by atoms with E-state index in [1.807, 2.05) is 66.7 Å². The topological polar surface area (TPSA) is 88.2 Å². The predicted molar refractivity (Wildman–Crippen MR) is 133 cm³/mol. The molecule has 0 unspecified atom stereocenters. The smallest absolute Gasteiger partial charge is 0.315 e. The number of hydrogen-bond donors (Lipinski definition) is 2. The highest BCUT2D eigenvalue weighted by Crippen LogP contribution is 2.29. The monoisotopic (exact) mass is 471 g/mol. The van der Waals surface area contributed by atoms with Crippen molar-refractivity contribution in [3.05, 3.63) is 120 Å². The number of carbonyl (C=O) groups is 1. The molecule has 6 nitrogen and oxygen atoms in total. The van der Waals surface area contributed by atoms with Crippen LogP contribution in [0.3, 0.4) is 0 Å². The number of hydrogen-bond acceptors (Lipinski definition) is 4.